The molecule has 15 heavy (non-hydrogen) atoms. The maximum absolute atomic E-state index is 11.5. The SMILES string of the molecule is CCCNC(=O)N(C)Cc1scnc1C. The van der Waals surface area contributed by atoms with Gasteiger partial charge >= 0.3 is 6.03 Å². The van der Waals surface area contributed by atoms with Crippen LogP contribution in [0, 0.1) is 6.92 Å². The summed E-state index contributed by atoms with van der Waals surface area (Å²) in [5.41, 5.74) is 2.82. The smallest absolute Gasteiger partial charge is 0.317 e. The summed E-state index contributed by atoms with van der Waals surface area (Å²) in [5.74, 6) is 0. The van der Waals surface area contributed by atoms with Crippen LogP contribution in [0.25, 0.3) is 0 Å². The summed E-state index contributed by atoms with van der Waals surface area (Å²) in [7, 11) is 1.80. The number of urea groups is 1. The Hall–Kier alpha value is -1.10. The number of aromatic nitrogens is 1. The summed E-state index contributed by atoms with van der Waals surface area (Å²) in [6, 6.07) is -0.0235. The minimum Gasteiger partial charge on any atom is -0.338 e. The van der Waals surface area contributed by atoms with E-state index in [1.54, 1.807) is 23.3 Å². The van der Waals surface area contributed by atoms with E-state index < -0.39 is 0 Å². The van der Waals surface area contributed by atoms with Crippen LogP contribution in [0.1, 0.15) is 23.9 Å². The molecular formula is C10H17N3OS. The van der Waals surface area contributed by atoms with Gasteiger partial charge in [-0.1, -0.05) is 6.92 Å². The van der Waals surface area contributed by atoms with Crippen LogP contribution in [0.3, 0.4) is 0 Å². The monoisotopic (exact) mass is 227 g/mol. The number of hydrogen-bond acceptors (Lipinski definition) is 3. The Kier molecular flexibility index (Phi) is 4.55. The van der Waals surface area contributed by atoms with Gasteiger partial charge in [0.15, 0.2) is 0 Å². The quantitative estimate of drug-likeness (QED) is 0.855. The van der Waals surface area contributed by atoms with E-state index in [0.29, 0.717) is 6.54 Å². The van der Waals surface area contributed by atoms with Crippen LogP contribution in [-0.4, -0.2) is 29.5 Å². The van der Waals surface area contributed by atoms with Crippen molar-refractivity contribution >= 4 is 17.4 Å². The Morgan fingerprint density at radius 3 is 2.93 bits per heavy atom. The summed E-state index contributed by atoms with van der Waals surface area (Å²) in [5, 5.41) is 2.84. The van der Waals surface area contributed by atoms with Crippen molar-refractivity contribution in [2.45, 2.75) is 26.8 Å². The van der Waals surface area contributed by atoms with E-state index in [1.165, 1.54) is 0 Å². The molecule has 0 radical (unpaired) electrons. The second-order valence-corrected chi connectivity index (χ2v) is 4.39. The largest absolute Gasteiger partial charge is 0.338 e. The highest BCUT2D eigenvalue weighted by Crippen LogP contribution is 2.13. The van der Waals surface area contributed by atoms with Gasteiger partial charge in [0, 0.05) is 18.5 Å². The molecule has 0 aromatic carbocycles. The third-order valence-electron chi connectivity index (χ3n) is 2.10. The molecule has 0 aliphatic rings. The fourth-order valence-corrected chi connectivity index (χ4v) is 1.96. The van der Waals surface area contributed by atoms with E-state index in [4.69, 9.17) is 0 Å². The maximum Gasteiger partial charge on any atom is 0.317 e. The Labute approximate surface area is 94.3 Å². The van der Waals surface area contributed by atoms with E-state index in [2.05, 4.69) is 10.3 Å². The molecule has 0 bridgehead atoms. The van der Waals surface area contributed by atoms with Crippen LogP contribution in [0.2, 0.25) is 0 Å². The lowest BCUT2D eigenvalue weighted by Gasteiger charge is -2.16. The van der Waals surface area contributed by atoms with Gasteiger partial charge in [-0.3, -0.25) is 0 Å². The third-order valence-corrected chi connectivity index (χ3v) is 3.02. The van der Waals surface area contributed by atoms with Crippen LogP contribution >= 0.6 is 11.3 Å². The minimum atomic E-state index is -0.0235. The number of nitrogens with one attached hydrogen (secondary N) is 1. The second-order valence-electron chi connectivity index (χ2n) is 3.45. The van der Waals surface area contributed by atoms with Crippen LogP contribution in [-0.2, 0) is 6.54 Å². The van der Waals surface area contributed by atoms with Crippen molar-refractivity contribution in [2.24, 2.45) is 0 Å². The molecule has 1 aromatic heterocycles. The molecule has 0 spiro atoms. The van der Waals surface area contributed by atoms with Crippen LogP contribution in [0.15, 0.2) is 5.51 Å². The Morgan fingerprint density at radius 1 is 1.67 bits per heavy atom. The maximum atomic E-state index is 11.5. The summed E-state index contributed by atoms with van der Waals surface area (Å²) in [6.45, 7) is 5.36. The van der Waals surface area contributed by atoms with Gasteiger partial charge in [0.2, 0.25) is 0 Å². The number of thiazole rings is 1. The lowest BCUT2D eigenvalue weighted by Crippen LogP contribution is -2.37. The Morgan fingerprint density at radius 2 is 2.40 bits per heavy atom. The number of amides is 2. The highest BCUT2D eigenvalue weighted by Gasteiger charge is 2.10. The molecule has 0 saturated heterocycles. The molecular weight excluding hydrogens is 210 g/mol. The summed E-state index contributed by atoms with van der Waals surface area (Å²) < 4.78 is 0. The molecule has 2 amide bonds. The third kappa shape index (κ3) is 3.51. The fraction of sp³-hybridized carbons (Fsp3) is 0.600. The molecule has 0 aliphatic carbocycles. The van der Waals surface area contributed by atoms with Gasteiger partial charge in [0.05, 0.1) is 17.7 Å². The van der Waals surface area contributed by atoms with Crippen LogP contribution < -0.4 is 5.32 Å². The van der Waals surface area contributed by atoms with Crippen molar-refractivity contribution in [3.63, 3.8) is 0 Å². The van der Waals surface area contributed by atoms with Gasteiger partial charge in [0.1, 0.15) is 0 Å². The van der Waals surface area contributed by atoms with Gasteiger partial charge in [-0.05, 0) is 13.3 Å². The summed E-state index contributed by atoms with van der Waals surface area (Å²) in [6.07, 6.45) is 0.958. The Balaban J connectivity index is 2.45. The molecule has 1 N–H and O–H groups in total. The first-order chi connectivity index (χ1) is 7.15. The number of rotatable bonds is 4. The van der Waals surface area contributed by atoms with Crippen molar-refractivity contribution in [3.8, 4) is 0 Å². The molecule has 0 fully saturated rings. The van der Waals surface area contributed by atoms with E-state index in [1.807, 2.05) is 19.4 Å². The molecule has 0 aliphatic heterocycles. The average molecular weight is 227 g/mol. The summed E-state index contributed by atoms with van der Waals surface area (Å²) >= 11 is 1.59. The van der Waals surface area contributed by atoms with E-state index >= 15 is 0 Å². The molecule has 1 aromatic rings. The molecule has 5 heteroatoms. The van der Waals surface area contributed by atoms with E-state index in [0.717, 1.165) is 23.5 Å². The molecule has 1 heterocycles. The number of carbonyl (C=O) groups is 1. The fourth-order valence-electron chi connectivity index (χ4n) is 1.13. The number of aryl methyl sites for hydroxylation is 1. The molecule has 1 rings (SSSR count). The standard InChI is InChI=1S/C10H17N3OS/c1-4-5-11-10(14)13(3)6-9-8(2)12-7-15-9/h7H,4-6H2,1-3H3,(H,11,14). The van der Waals surface area contributed by atoms with Gasteiger partial charge in [0.25, 0.3) is 0 Å². The predicted octanol–water partition coefficient (Wildman–Crippen LogP) is 2.00. The summed E-state index contributed by atoms with van der Waals surface area (Å²) in [4.78, 5) is 18.5. The lowest BCUT2D eigenvalue weighted by molar-refractivity contribution is 0.207. The van der Waals surface area contributed by atoms with Gasteiger partial charge in [-0.15, -0.1) is 11.3 Å². The topological polar surface area (TPSA) is 45.2 Å². The highest BCUT2D eigenvalue weighted by molar-refractivity contribution is 7.09. The second kappa shape index (κ2) is 5.70. The van der Waals surface area contributed by atoms with E-state index in [-0.39, 0.29) is 6.03 Å². The van der Waals surface area contributed by atoms with Crippen LogP contribution in [0.4, 0.5) is 4.79 Å². The van der Waals surface area contributed by atoms with Gasteiger partial charge in [-0.2, -0.15) is 0 Å². The number of nitrogens with zero attached hydrogens (tertiary/aromatic N) is 2. The number of carbonyl (C=O) groups excluding carboxylic acids is 1. The normalized spacial score (nSPS) is 10.1. The Bertz CT molecular complexity index is 324. The molecule has 84 valence electrons. The van der Waals surface area contributed by atoms with Gasteiger partial charge in [-0.25, -0.2) is 9.78 Å². The van der Waals surface area contributed by atoms with Crippen molar-refractivity contribution in [3.05, 3.63) is 16.1 Å². The van der Waals surface area contributed by atoms with Gasteiger partial charge < -0.3 is 10.2 Å². The zero-order valence-corrected chi connectivity index (χ0v) is 10.2. The molecule has 0 saturated carbocycles. The first-order valence-electron chi connectivity index (χ1n) is 5.03. The molecule has 4 nitrogen and oxygen atoms in total. The first-order valence-corrected chi connectivity index (χ1v) is 5.91. The van der Waals surface area contributed by atoms with E-state index in [9.17, 15) is 4.79 Å². The van der Waals surface area contributed by atoms with Crippen molar-refractivity contribution < 1.29 is 4.79 Å². The van der Waals surface area contributed by atoms with Crippen LogP contribution in [0.5, 0.6) is 0 Å². The molecule has 0 atom stereocenters. The van der Waals surface area contributed by atoms with Crippen molar-refractivity contribution in [1.82, 2.24) is 15.2 Å². The van der Waals surface area contributed by atoms with Crippen molar-refractivity contribution in [2.75, 3.05) is 13.6 Å². The lowest BCUT2D eigenvalue weighted by atomic mass is 10.4. The minimum absolute atomic E-state index is 0.0235. The zero-order valence-electron chi connectivity index (χ0n) is 9.41. The first kappa shape index (κ1) is 12.0. The highest BCUT2D eigenvalue weighted by atomic mass is 32.1. The average Bonchev–Trinajstić information content (AvgIpc) is 2.61. The predicted molar refractivity (Wildman–Crippen MR) is 62.0 cm³/mol. The van der Waals surface area contributed by atoms with Crippen molar-refractivity contribution in [1.29, 1.82) is 0 Å². The zero-order chi connectivity index (χ0) is 11.3. The molecule has 0 unspecified atom stereocenters. The number of hydrogen-bond donors (Lipinski definition) is 1.